The van der Waals surface area contributed by atoms with E-state index >= 15 is 0 Å². The van der Waals surface area contributed by atoms with E-state index in [-0.39, 0.29) is 5.91 Å². The number of hydrogen-bond acceptors (Lipinski definition) is 2. The molecule has 0 fully saturated rings. The highest BCUT2D eigenvalue weighted by Gasteiger charge is 2.18. The van der Waals surface area contributed by atoms with E-state index in [2.05, 4.69) is 5.32 Å². The molecule has 0 saturated carbocycles. The third kappa shape index (κ3) is 5.20. The Morgan fingerprint density at radius 3 is 2.40 bits per heavy atom. The molecule has 0 spiro atoms. The van der Waals surface area contributed by atoms with Crippen molar-refractivity contribution < 1.29 is 14.7 Å². The van der Waals surface area contributed by atoms with E-state index in [1.807, 2.05) is 13.8 Å². The van der Waals surface area contributed by atoms with E-state index in [9.17, 15) is 9.59 Å². The van der Waals surface area contributed by atoms with E-state index in [1.165, 1.54) is 0 Å². The zero-order valence-corrected chi connectivity index (χ0v) is 9.54. The molecule has 1 amide bonds. The highest BCUT2D eigenvalue weighted by molar-refractivity contribution is 5.95. The van der Waals surface area contributed by atoms with Crippen molar-refractivity contribution in [3.8, 4) is 0 Å². The van der Waals surface area contributed by atoms with E-state index < -0.39 is 12.0 Å². The number of carbonyl (C=O) groups is 2. The highest BCUT2D eigenvalue weighted by Crippen LogP contribution is 2.00. The van der Waals surface area contributed by atoms with Crippen LogP contribution in [0.3, 0.4) is 0 Å². The second-order valence-electron chi connectivity index (χ2n) is 3.45. The van der Waals surface area contributed by atoms with E-state index in [4.69, 9.17) is 5.11 Å². The Labute approximate surface area is 90.4 Å². The second kappa shape index (κ2) is 7.04. The Morgan fingerprint density at radius 2 is 2.00 bits per heavy atom. The molecule has 4 heteroatoms. The average molecular weight is 213 g/mol. The summed E-state index contributed by atoms with van der Waals surface area (Å²) >= 11 is 0. The molecule has 0 aliphatic carbocycles. The molecule has 2 N–H and O–H groups in total. The van der Waals surface area contributed by atoms with Crippen LogP contribution in [0.2, 0.25) is 0 Å². The predicted molar refractivity (Wildman–Crippen MR) is 58.5 cm³/mol. The minimum Gasteiger partial charge on any atom is -0.480 e. The highest BCUT2D eigenvalue weighted by atomic mass is 16.4. The molecule has 0 unspecified atom stereocenters. The van der Waals surface area contributed by atoms with Crippen molar-refractivity contribution in [2.24, 2.45) is 0 Å². The van der Waals surface area contributed by atoms with Crippen LogP contribution in [0.4, 0.5) is 0 Å². The van der Waals surface area contributed by atoms with Gasteiger partial charge in [0.1, 0.15) is 6.04 Å². The van der Waals surface area contributed by atoms with Gasteiger partial charge in [0.2, 0.25) is 5.91 Å². The third-order valence-corrected chi connectivity index (χ3v) is 2.05. The van der Waals surface area contributed by atoms with E-state index in [1.54, 1.807) is 13.0 Å². The second-order valence-corrected chi connectivity index (χ2v) is 3.45. The molecule has 0 heterocycles. The van der Waals surface area contributed by atoms with Crippen LogP contribution in [0.25, 0.3) is 0 Å². The fourth-order valence-electron chi connectivity index (χ4n) is 1.22. The number of amides is 1. The van der Waals surface area contributed by atoms with Crippen molar-refractivity contribution in [1.82, 2.24) is 5.32 Å². The van der Waals surface area contributed by atoms with Gasteiger partial charge in [-0.15, -0.1) is 0 Å². The van der Waals surface area contributed by atoms with Crippen LogP contribution in [0.15, 0.2) is 11.6 Å². The fourth-order valence-corrected chi connectivity index (χ4v) is 1.22. The summed E-state index contributed by atoms with van der Waals surface area (Å²) in [5.41, 5.74) is 0.569. The Morgan fingerprint density at radius 1 is 1.40 bits per heavy atom. The van der Waals surface area contributed by atoms with Gasteiger partial charge in [0, 0.05) is 5.57 Å². The summed E-state index contributed by atoms with van der Waals surface area (Å²) in [6, 6.07) is -0.775. The predicted octanol–water partition coefficient (Wildman–Crippen LogP) is 1.71. The normalized spacial score (nSPS) is 13.4. The number of carboxylic acids is 1. The van der Waals surface area contributed by atoms with Gasteiger partial charge in [0.25, 0.3) is 0 Å². The Hall–Kier alpha value is -1.32. The van der Waals surface area contributed by atoms with Gasteiger partial charge >= 0.3 is 5.97 Å². The zero-order valence-electron chi connectivity index (χ0n) is 9.54. The molecule has 4 nitrogen and oxygen atoms in total. The molecule has 0 bridgehead atoms. The lowest BCUT2D eigenvalue weighted by Gasteiger charge is -2.13. The van der Waals surface area contributed by atoms with Crippen LogP contribution in [0, 0.1) is 0 Å². The summed E-state index contributed by atoms with van der Waals surface area (Å²) < 4.78 is 0. The molecule has 0 rings (SSSR count). The number of rotatable bonds is 6. The van der Waals surface area contributed by atoms with Crippen LogP contribution in [0.1, 0.15) is 40.0 Å². The molecule has 0 aliphatic rings. The van der Waals surface area contributed by atoms with Crippen LogP contribution < -0.4 is 5.32 Å². The number of nitrogens with one attached hydrogen (secondary N) is 1. The van der Waals surface area contributed by atoms with Crippen LogP contribution in [-0.2, 0) is 9.59 Å². The van der Waals surface area contributed by atoms with E-state index in [0.717, 1.165) is 12.8 Å². The van der Waals surface area contributed by atoms with E-state index in [0.29, 0.717) is 12.0 Å². The molecule has 0 aromatic heterocycles. The minimum absolute atomic E-state index is 0.294. The SMILES string of the molecule is CCC=C(C)C(=O)N[C@H](CCC)C(=O)O. The summed E-state index contributed by atoms with van der Waals surface area (Å²) in [7, 11) is 0. The topological polar surface area (TPSA) is 66.4 Å². The lowest BCUT2D eigenvalue weighted by molar-refractivity contribution is -0.141. The van der Waals surface area contributed by atoms with Crippen molar-refractivity contribution in [2.75, 3.05) is 0 Å². The molecule has 86 valence electrons. The van der Waals surface area contributed by atoms with Gasteiger partial charge in [0.05, 0.1) is 0 Å². The van der Waals surface area contributed by atoms with Crippen molar-refractivity contribution >= 4 is 11.9 Å². The molecule has 0 aromatic carbocycles. The first-order valence-corrected chi connectivity index (χ1v) is 5.23. The maximum atomic E-state index is 11.5. The Bertz CT molecular complexity index is 259. The third-order valence-electron chi connectivity index (χ3n) is 2.05. The van der Waals surface area contributed by atoms with Gasteiger partial charge in [-0.1, -0.05) is 26.3 Å². The standard InChI is InChI=1S/C11H19NO3/c1-4-6-8(3)10(13)12-9(7-5-2)11(14)15/h6,9H,4-5,7H2,1-3H3,(H,12,13)(H,14,15)/t9-/m1/s1. The number of carboxylic acid groups (broad SMARTS) is 1. The zero-order chi connectivity index (χ0) is 11.8. The molecule has 1 atom stereocenters. The molecule has 0 aromatic rings. The molecule has 15 heavy (non-hydrogen) atoms. The van der Waals surface area contributed by atoms with Crippen LogP contribution >= 0.6 is 0 Å². The average Bonchev–Trinajstić information content (AvgIpc) is 2.17. The van der Waals surface area contributed by atoms with Gasteiger partial charge < -0.3 is 10.4 Å². The summed E-state index contributed by atoms with van der Waals surface area (Å²) in [6.45, 7) is 5.50. The lowest BCUT2D eigenvalue weighted by atomic mass is 10.1. The number of hydrogen-bond donors (Lipinski definition) is 2. The van der Waals surface area contributed by atoms with Crippen molar-refractivity contribution in [3.63, 3.8) is 0 Å². The first-order chi connectivity index (χ1) is 7.02. The Kier molecular flexibility index (Phi) is 6.42. The maximum Gasteiger partial charge on any atom is 0.326 e. The molecule has 0 aliphatic heterocycles. The largest absolute Gasteiger partial charge is 0.480 e. The minimum atomic E-state index is -0.977. The maximum absolute atomic E-state index is 11.5. The first kappa shape index (κ1) is 13.7. The Balaban J connectivity index is 4.35. The van der Waals surface area contributed by atoms with Gasteiger partial charge in [-0.2, -0.15) is 0 Å². The van der Waals surface area contributed by atoms with Crippen LogP contribution in [-0.4, -0.2) is 23.0 Å². The van der Waals surface area contributed by atoms with Gasteiger partial charge in [-0.05, 0) is 19.8 Å². The van der Waals surface area contributed by atoms with Gasteiger partial charge in [-0.25, -0.2) is 4.79 Å². The lowest BCUT2D eigenvalue weighted by Crippen LogP contribution is -2.41. The van der Waals surface area contributed by atoms with Crippen molar-refractivity contribution in [3.05, 3.63) is 11.6 Å². The summed E-state index contributed by atoms with van der Waals surface area (Å²) in [5, 5.41) is 11.3. The van der Waals surface area contributed by atoms with Gasteiger partial charge in [-0.3, -0.25) is 4.79 Å². The quantitative estimate of drug-likeness (QED) is 0.660. The smallest absolute Gasteiger partial charge is 0.326 e. The van der Waals surface area contributed by atoms with Gasteiger partial charge in [0.15, 0.2) is 0 Å². The molecule has 0 radical (unpaired) electrons. The number of allylic oxidation sites excluding steroid dienone is 1. The van der Waals surface area contributed by atoms with Crippen LogP contribution in [0.5, 0.6) is 0 Å². The number of carbonyl (C=O) groups excluding carboxylic acids is 1. The monoisotopic (exact) mass is 213 g/mol. The van der Waals surface area contributed by atoms with Crippen molar-refractivity contribution in [1.29, 1.82) is 0 Å². The summed E-state index contributed by atoms with van der Waals surface area (Å²) in [6.07, 6.45) is 3.74. The molecule has 0 saturated heterocycles. The fraction of sp³-hybridized carbons (Fsp3) is 0.636. The first-order valence-electron chi connectivity index (χ1n) is 5.23. The van der Waals surface area contributed by atoms with Crippen molar-refractivity contribution in [2.45, 2.75) is 46.1 Å². The molecular formula is C11H19NO3. The molecular weight excluding hydrogens is 194 g/mol. The number of aliphatic carboxylic acids is 1. The summed E-state index contributed by atoms with van der Waals surface area (Å²) in [5.74, 6) is -1.27. The summed E-state index contributed by atoms with van der Waals surface area (Å²) in [4.78, 5) is 22.3.